The minimum Gasteiger partial charge on any atom is -0.506 e. The third-order valence-electron chi connectivity index (χ3n) is 2.22. The highest BCUT2D eigenvalue weighted by molar-refractivity contribution is 5.86. The Labute approximate surface area is 112 Å². The molecule has 0 saturated carbocycles. The van der Waals surface area contributed by atoms with Gasteiger partial charge in [-0.3, -0.25) is 5.32 Å². The first kappa shape index (κ1) is 15.0. The molecule has 0 bridgehead atoms. The van der Waals surface area contributed by atoms with Gasteiger partial charge in [0.15, 0.2) is 0 Å². The molecule has 0 aliphatic rings. The molecule has 0 fully saturated rings. The molecule has 1 unspecified atom stereocenters. The largest absolute Gasteiger partial charge is 0.506 e. The summed E-state index contributed by atoms with van der Waals surface area (Å²) in [5.74, 6) is -0.149. The number of anilines is 1. The number of carbonyl (C=O) groups excluding carboxylic acids is 1. The van der Waals surface area contributed by atoms with E-state index in [0.717, 1.165) is 0 Å². The second-order valence-corrected chi connectivity index (χ2v) is 5.08. The van der Waals surface area contributed by atoms with Gasteiger partial charge in [0.2, 0.25) is 0 Å². The smallest absolute Gasteiger partial charge is 0.412 e. The Bertz CT molecular complexity index is 477. The van der Waals surface area contributed by atoms with Crippen LogP contribution in [0.2, 0.25) is 0 Å². The van der Waals surface area contributed by atoms with E-state index in [9.17, 15) is 15.0 Å². The highest BCUT2D eigenvalue weighted by atomic mass is 16.6. The van der Waals surface area contributed by atoms with Gasteiger partial charge in [-0.05, 0) is 38.5 Å². The third kappa shape index (κ3) is 4.63. The molecular formula is C14H19NO4. The molecule has 0 spiro atoms. The summed E-state index contributed by atoms with van der Waals surface area (Å²) in [6.45, 7) is 8.69. The normalized spacial score (nSPS) is 12.6. The maximum Gasteiger partial charge on any atom is 0.412 e. The number of nitrogens with one attached hydrogen (secondary N) is 1. The lowest BCUT2D eigenvalue weighted by molar-refractivity contribution is 0.0635. The Kier molecular flexibility index (Phi) is 4.56. The predicted octanol–water partition coefficient (Wildman–Crippen LogP) is 2.96. The van der Waals surface area contributed by atoms with Crippen LogP contribution in [-0.4, -0.2) is 21.9 Å². The summed E-state index contributed by atoms with van der Waals surface area (Å²) in [6, 6.07) is 4.43. The van der Waals surface area contributed by atoms with Gasteiger partial charge < -0.3 is 14.9 Å². The highest BCUT2D eigenvalue weighted by Crippen LogP contribution is 2.27. The first-order chi connectivity index (χ1) is 8.73. The minimum absolute atomic E-state index is 0.149. The number of phenolic OH excluding ortho intramolecular Hbond substituents is 1. The lowest BCUT2D eigenvalue weighted by Gasteiger charge is -2.20. The van der Waals surface area contributed by atoms with Gasteiger partial charge in [-0.2, -0.15) is 0 Å². The molecule has 1 rings (SSSR count). The van der Waals surface area contributed by atoms with Gasteiger partial charge in [-0.1, -0.05) is 12.1 Å². The highest BCUT2D eigenvalue weighted by Gasteiger charge is 2.17. The molecule has 0 aliphatic carbocycles. The van der Waals surface area contributed by atoms with Gasteiger partial charge in [-0.15, -0.1) is 6.58 Å². The number of hydrogen-bond donors (Lipinski definition) is 3. The van der Waals surface area contributed by atoms with E-state index in [4.69, 9.17) is 4.74 Å². The van der Waals surface area contributed by atoms with Crippen LogP contribution in [0.5, 0.6) is 5.75 Å². The summed E-state index contributed by atoms with van der Waals surface area (Å²) in [6.07, 6.45) is -0.170. The van der Waals surface area contributed by atoms with Crippen molar-refractivity contribution in [2.75, 3.05) is 5.32 Å². The number of aliphatic hydroxyl groups excluding tert-OH is 1. The van der Waals surface area contributed by atoms with Crippen molar-refractivity contribution in [3.8, 4) is 5.75 Å². The van der Waals surface area contributed by atoms with E-state index in [1.807, 2.05) is 0 Å². The average molecular weight is 265 g/mol. The number of hydrogen-bond acceptors (Lipinski definition) is 4. The summed E-state index contributed by atoms with van der Waals surface area (Å²) in [7, 11) is 0. The lowest BCUT2D eigenvalue weighted by atomic mass is 10.1. The number of aromatic hydroxyl groups is 1. The van der Waals surface area contributed by atoms with E-state index in [1.165, 1.54) is 18.2 Å². The van der Waals surface area contributed by atoms with Crippen molar-refractivity contribution in [2.24, 2.45) is 0 Å². The third-order valence-corrected chi connectivity index (χ3v) is 2.22. The minimum atomic E-state index is -0.860. The van der Waals surface area contributed by atoms with Crippen molar-refractivity contribution < 1.29 is 19.7 Å². The van der Waals surface area contributed by atoms with Gasteiger partial charge in [-0.25, -0.2) is 4.79 Å². The number of carbonyl (C=O) groups is 1. The van der Waals surface area contributed by atoms with Gasteiger partial charge in [0.25, 0.3) is 0 Å². The molecule has 1 aromatic rings. The summed E-state index contributed by atoms with van der Waals surface area (Å²) in [5, 5.41) is 21.7. The average Bonchev–Trinajstić information content (AvgIpc) is 2.28. The molecule has 19 heavy (non-hydrogen) atoms. The van der Waals surface area contributed by atoms with E-state index in [-0.39, 0.29) is 11.4 Å². The van der Waals surface area contributed by atoms with E-state index < -0.39 is 17.8 Å². The zero-order chi connectivity index (χ0) is 14.6. The standard InChI is InChI=1S/C14H19NO4/c1-5-11(16)9-6-7-10(12(17)8-9)15-13(18)19-14(2,3)4/h5-8,11,16-17H,1H2,2-4H3,(H,15,18). The molecule has 0 aromatic heterocycles. The molecule has 5 nitrogen and oxygen atoms in total. The Morgan fingerprint density at radius 3 is 2.58 bits per heavy atom. The second-order valence-electron chi connectivity index (χ2n) is 5.08. The Morgan fingerprint density at radius 1 is 1.47 bits per heavy atom. The molecule has 0 heterocycles. The molecule has 0 aliphatic heterocycles. The van der Waals surface area contributed by atoms with Crippen molar-refractivity contribution >= 4 is 11.8 Å². The van der Waals surface area contributed by atoms with Crippen LogP contribution in [0.4, 0.5) is 10.5 Å². The van der Waals surface area contributed by atoms with Crippen LogP contribution in [0.15, 0.2) is 30.9 Å². The summed E-state index contributed by atoms with van der Waals surface area (Å²) < 4.78 is 5.07. The van der Waals surface area contributed by atoms with Crippen LogP contribution < -0.4 is 5.32 Å². The van der Waals surface area contributed by atoms with Crippen LogP contribution in [0.3, 0.4) is 0 Å². The van der Waals surface area contributed by atoms with Crippen LogP contribution >= 0.6 is 0 Å². The maximum atomic E-state index is 11.5. The number of amides is 1. The second kappa shape index (κ2) is 5.75. The first-order valence-corrected chi connectivity index (χ1v) is 5.86. The summed E-state index contributed by atoms with van der Waals surface area (Å²) in [4.78, 5) is 11.5. The lowest BCUT2D eigenvalue weighted by Crippen LogP contribution is -2.27. The quantitative estimate of drug-likeness (QED) is 0.580. The Balaban J connectivity index is 2.81. The van der Waals surface area contributed by atoms with Crippen molar-refractivity contribution in [1.82, 2.24) is 0 Å². The molecule has 0 radical (unpaired) electrons. The monoisotopic (exact) mass is 265 g/mol. The van der Waals surface area contributed by atoms with E-state index in [2.05, 4.69) is 11.9 Å². The summed E-state index contributed by atoms with van der Waals surface area (Å²) in [5.41, 5.74) is 0.0927. The number of ether oxygens (including phenoxy) is 1. The number of aliphatic hydroxyl groups is 1. The Hall–Kier alpha value is -2.01. The summed E-state index contributed by atoms with van der Waals surface area (Å²) >= 11 is 0. The molecule has 3 N–H and O–H groups in total. The van der Waals surface area contributed by atoms with Crippen molar-refractivity contribution in [3.05, 3.63) is 36.4 Å². The number of phenols is 1. The first-order valence-electron chi connectivity index (χ1n) is 5.86. The van der Waals surface area contributed by atoms with Gasteiger partial charge in [0.05, 0.1) is 11.8 Å². The van der Waals surface area contributed by atoms with Gasteiger partial charge in [0, 0.05) is 0 Å². The maximum absolute atomic E-state index is 11.5. The molecule has 1 atom stereocenters. The van der Waals surface area contributed by atoms with E-state index in [1.54, 1.807) is 26.8 Å². The van der Waals surface area contributed by atoms with Gasteiger partial charge >= 0.3 is 6.09 Å². The van der Waals surface area contributed by atoms with E-state index in [0.29, 0.717) is 5.56 Å². The van der Waals surface area contributed by atoms with Crippen molar-refractivity contribution in [1.29, 1.82) is 0 Å². The topological polar surface area (TPSA) is 78.8 Å². The number of benzene rings is 1. The molecule has 1 aromatic carbocycles. The molecule has 1 amide bonds. The molecule has 5 heteroatoms. The van der Waals surface area contributed by atoms with Gasteiger partial charge in [0.1, 0.15) is 11.4 Å². The fourth-order valence-corrected chi connectivity index (χ4v) is 1.39. The Morgan fingerprint density at radius 2 is 2.11 bits per heavy atom. The van der Waals surface area contributed by atoms with Crippen LogP contribution in [0.25, 0.3) is 0 Å². The van der Waals surface area contributed by atoms with Crippen molar-refractivity contribution in [2.45, 2.75) is 32.5 Å². The number of rotatable bonds is 3. The molecule has 0 saturated heterocycles. The van der Waals surface area contributed by atoms with Crippen LogP contribution in [-0.2, 0) is 4.74 Å². The fraction of sp³-hybridized carbons (Fsp3) is 0.357. The fourth-order valence-electron chi connectivity index (χ4n) is 1.39. The molecular weight excluding hydrogens is 246 g/mol. The van der Waals surface area contributed by atoms with Crippen molar-refractivity contribution in [3.63, 3.8) is 0 Å². The van der Waals surface area contributed by atoms with Crippen LogP contribution in [0, 0.1) is 0 Å². The SMILES string of the molecule is C=CC(O)c1ccc(NC(=O)OC(C)(C)C)c(O)c1. The zero-order valence-corrected chi connectivity index (χ0v) is 11.3. The van der Waals surface area contributed by atoms with Crippen LogP contribution in [0.1, 0.15) is 32.4 Å². The zero-order valence-electron chi connectivity index (χ0n) is 11.3. The van der Waals surface area contributed by atoms with E-state index >= 15 is 0 Å². The molecule has 104 valence electrons. The predicted molar refractivity (Wildman–Crippen MR) is 73.1 cm³/mol.